The van der Waals surface area contributed by atoms with Gasteiger partial charge >= 0.3 is 6.09 Å². The van der Waals surface area contributed by atoms with Crippen molar-refractivity contribution in [3.8, 4) is 0 Å². The molecule has 0 saturated heterocycles. The second-order valence-corrected chi connectivity index (χ2v) is 6.14. The number of benzene rings is 1. The molecule has 1 N–H and O–H groups in total. The van der Waals surface area contributed by atoms with Crippen molar-refractivity contribution in [2.24, 2.45) is 0 Å². The number of carbonyl (C=O) groups excluding carboxylic acids is 1. The van der Waals surface area contributed by atoms with Crippen LogP contribution in [-0.4, -0.2) is 18.2 Å². The quantitative estimate of drug-likeness (QED) is 0.843. The maximum absolute atomic E-state index is 11.5. The van der Waals surface area contributed by atoms with Crippen LogP contribution in [0.5, 0.6) is 0 Å². The fourth-order valence-electron chi connectivity index (χ4n) is 2.26. The van der Waals surface area contributed by atoms with Crippen LogP contribution in [0, 0.1) is 0 Å². The first-order valence-electron chi connectivity index (χ1n) is 7.37. The van der Waals surface area contributed by atoms with Crippen LogP contribution >= 0.6 is 0 Å². The zero-order chi connectivity index (χ0) is 15.3. The summed E-state index contributed by atoms with van der Waals surface area (Å²) in [6.07, 6.45) is 10.00. The fraction of sp³-hybridized carbons (Fsp3) is 0.389. The molecule has 0 aromatic heterocycles. The molecule has 1 aliphatic rings. The van der Waals surface area contributed by atoms with E-state index in [1.807, 2.05) is 20.8 Å². The third kappa shape index (κ3) is 4.78. The lowest BCUT2D eigenvalue weighted by Gasteiger charge is -2.19. The van der Waals surface area contributed by atoms with Gasteiger partial charge in [0.2, 0.25) is 0 Å². The van der Waals surface area contributed by atoms with Gasteiger partial charge in [-0.25, -0.2) is 4.79 Å². The van der Waals surface area contributed by atoms with E-state index in [0.717, 1.165) is 12.8 Å². The molecule has 112 valence electrons. The highest BCUT2D eigenvalue weighted by atomic mass is 16.6. The van der Waals surface area contributed by atoms with Crippen molar-refractivity contribution in [1.29, 1.82) is 0 Å². The van der Waals surface area contributed by atoms with Crippen molar-refractivity contribution in [3.63, 3.8) is 0 Å². The minimum absolute atomic E-state index is 0.360. The van der Waals surface area contributed by atoms with E-state index in [1.54, 1.807) is 0 Å². The van der Waals surface area contributed by atoms with E-state index < -0.39 is 5.60 Å². The monoisotopic (exact) mass is 285 g/mol. The molecule has 0 fully saturated rings. The van der Waals surface area contributed by atoms with Crippen LogP contribution < -0.4 is 5.32 Å². The Kier molecular flexibility index (Phi) is 4.84. The van der Waals surface area contributed by atoms with Crippen LogP contribution in [0.15, 0.2) is 30.4 Å². The lowest BCUT2D eigenvalue weighted by molar-refractivity contribution is 0.0529. The van der Waals surface area contributed by atoms with Gasteiger partial charge in [0.25, 0.3) is 0 Å². The highest BCUT2D eigenvalue weighted by Gasteiger charge is 2.15. The number of amides is 1. The number of allylic oxidation sites excluding steroid dienone is 1. The Balaban J connectivity index is 1.77. The van der Waals surface area contributed by atoms with Gasteiger partial charge in [-0.3, -0.25) is 0 Å². The van der Waals surface area contributed by atoms with Gasteiger partial charge in [0.1, 0.15) is 5.60 Å². The smallest absolute Gasteiger partial charge is 0.407 e. The minimum atomic E-state index is -0.447. The van der Waals surface area contributed by atoms with Crippen molar-refractivity contribution in [2.75, 3.05) is 6.54 Å². The van der Waals surface area contributed by atoms with Crippen LogP contribution in [0.2, 0.25) is 0 Å². The largest absolute Gasteiger partial charge is 0.444 e. The number of rotatable bonds is 4. The Morgan fingerprint density at radius 3 is 2.95 bits per heavy atom. The van der Waals surface area contributed by atoms with Gasteiger partial charge in [-0.1, -0.05) is 42.5 Å². The summed E-state index contributed by atoms with van der Waals surface area (Å²) < 4.78 is 5.18. The molecular weight excluding hydrogens is 262 g/mol. The SMILES string of the molecule is CC(C)(C)OC(=O)NCCC=Cc1cccc2c1CC=C2. The van der Waals surface area contributed by atoms with Gasteiger partial charge in [-0.05, 0) is 50.3 Å². The van der Waals surface area contributed by atoms with Gasteiger partial charge in [0.05, 0.1) is 0 Å². The van der Waals surface area contributed by atoms with E-state index >= 15 is 0 Å². The first-order valence-corrected chi connectivity index (χ1v) is 7.37. The van der Waals surface area contributed by atoms with E-state index in [2.05, 4.69) is 47.8 Å². The van der Waals surface area contributed by atoms with E-state index in [4.69, 9.17) is 4.74 Å². The number of fused-ring (bicyclic) bond motifs is 1. The van der Waals surface area contributed by atoms with Crippen molar-refractivity contribution in [2.45, 2.75) is 39.2 Å². The molecule has 0 aliphatic heterocycles. The Morgan fingerprint density at radius 2 is 2.19 bits per heavy atom. The summed E-state index contributed by atoms with van der Waals surface area (Å²) in [5.41, 5.74) is 3.50. The topological polar surface area (TPSA) is 38.3 Å². The standard InChI is InChI=1S/C18H23NO2/c1-18(2,3)21-17(20)19-13-5-4-8-14-9-6-10-15-11-7-12-16(14)15/h4,6-11H,5,12-13H2,1-3H3,(H,19,20). The molecule has 1 aromatic carbocycles. The average molecular weight is 285 g/mol. The number of alkyl carbamates (subject to hydrolysis) is 1. The number of carbonyl (C=O) groups is 1. The molecule has 0 saturated carbocycles. The summed E-state index contributed by atoms with van der Waals surface area (Å²) in [6, 6.07) is 6.34. The maximum atomic E-state index is 11.5. The second kappa shape index (κ2) is 6.61. The van der Waals surface area contributed by atoms with Crippen LogP contribution in [0.1, 0.15) is 43.9 Å². The number of hydrogen-bond donors (Lipinski definition) is 1. The van der Waals surface area contributed by atoms with Crippen LogP contribution in [0.3, 0.4) is 0 Å². The summed E-state index contributed by atoms with van der Waals surface area (Å²) in [5.74, 6) is 0. The average Bonchev–Trinajstić information content (AvgIpc) is 2.85. The molecule has 1 aliphatic carbocycles. The molecule has 1 amide bonds. The molecule has 3 nitrogen and oxygen atoms in total. The minimum Gasteiger partial charge on any atom is -0.444 e. The van der Waals surface area contributed by atoms with Crippen molar-refractivity contribution < 1.29 is 9.53 Å². The Bertz CT molecular complexity index is 565. The van der Waals surface area contributed by atoms with Gasteiger partial charge in [0, 0.05) is 6.54 Å². The second-order valence-electron chi connectivity index (χ2n) is 6.14. The highest BCUT2D eigenvalue weighted by molar-refractivity contribution is 5.68. The molecule has 3 heteroatoms. The predicted molar refractivity (Wildman–Crippen MR) is 87.1 cm³/mol. The van der Waals surface area contributed by atoms with Crippen LogP contribution in [-0.2, 0) is 11.2 Å². The number of hydrogen-bond acceptors (Lipinski definition) is 2. The highest BCUT2D eigenvalue weighted by Crippen LogP contribution is 2.24. The third-order valence-electron chi connectivity index (χ3n) is 3.14. The van der Waals surface area contributed by atoms with Gasteiger partial charge in [-0.15, -0.1) is 0 Å². The number of nitrogens with one attached hydrogen (secondary N) is 1. The maximum Gasteiger partial charge on any atom is 0.407 e. The molecular formula is C18H23NO2. The lowest BCUT2D eigenvalue weighted by atomic mass is 10.0. The lowest BCUT2D eigenvalue weighted by Crippen LogP contribution is -2.32. The zero-order valence-electron chi connectivity index (χ0n) is 13.0. The van der Waals surface area contributed by atoms with E-state index in [0.29, 0.717) is 6.54 Å². The number of ether oxygens (including phenoxy) is 1. The Hall–Kier alpha value is -2.03. The fourth-order valence-corrected chi connectivity index (χ4v) is 2.26. The third-order valence-corrected chi connectivity index (χ3v) is 3.14. The van der Waals surface area contributed by atoms with Crippen LogP contribution in [0.4, 0.5) is 4.79 Å². The summed E-state index contributed by atoms with van der Waals surface area (Å²) in [4.78, 5) is 11.5. The van der Waals surface area contributed by atoms with E-state index in [1.165, 1.54) is 16.7 Å². The van der Waals surface area contributed by atoms with Crippen molar-refractivity contribution in [3.05, 3.63) is 47.0 Å². The molecule has 0 spiro atoms. The van der Waals surface area contributed by atoms with Crippen LogP contribution in [0.25, 0.3) is 12.2 Å². The molecule has 0 radical (unpaired) electrons. The molecule has 0 bridgehead atoms. The molecule has 0 atom stereocenters. The predicted octanol–water partition coefficient (Wildman–Crippen LogP) is 4.18. The van der Waals surface area contributed by atoms with E-state index in [-0.39, 0.29) is 6.09 Å². The Labute approximate surface area is 126 Å². The molecule has 2 rings (SSSR count). The van der Waals surface area contributed by atoms with Crippen molar-refractivity contribution >= 4 is 18.2 Å². The first kappa shape index (κ1) is 15.4. The van der Waals surface area contributed by atoms with Gasteiger partial charge < -0.3 is 10.1 Å². The van der Waals surface area contributed by atoms with E-state index in [9.17, 15) is 4.79 Å². The molecule has 0 heterocycles. The summed E-state index contributed by atoms with van der Waals surface area (Å²) in [5, 5.41) is 2.75. The Morgan fingerprint density at radius 1 is 1.38 bits per heavy atom. The summed E-state index contributed by atoms with van der Waals surface area (Å²) >= 11 is 0. The van der Waals surface area contributed by atoms with Gasteiger partial charge in [-0.2, -0.15) is 0 Å². The molecule has 0 unspecified atom stereocenters. The normalized spacial score (nSPS) is 13.5. The van der Waals surface area contributed by atoms with Crippen molar-refractivity contribution in [1.82, 2.24) is 5.32 Å². The first-order chi connectivity index (χ1) is 9.96. The van der Waals surface area contributed by atoms with Gasteiger partial charge in [0.15, 0.2) is 0 Å². The molecule has 1 aromatic rings. The summed E-state index contributed by atoms with van der Waals surface area (Å²) in [7, 11) is 0. The zero-order valence-corrected chi connectivity index (χ0v) is 13.0. The molecule has 21 heavy (non-hydrogen) atoms. The summed E-state index contributed by atoms with van der Waals surface area (Å²) in [6.45, 7) is 6.15.